The molecule has 112 valence electrons. The predicted molar refractivity (Wildman–Crippen MR) is 85.8 cm³/mol. The number of nitrogens with one attached hydrogen (secondary N) is 1. The van der Waals surface area contributed by atoms with Gasteiger partial charge in [-0.3, -0.25) is 0 Å². The number of hydrogen-bond acceptors (Lipinski definition) is 3. The first-order valence-corrected chi connectivity index (χ1v) is 8.18. The van der Waals surface area contributed by atoms with Gasteiger partial charge >= 0.3 is 0 Å². The van der Waals surface area contributed by atoms with Crippen LogP contribution in [-0.4, -0.2) is 20.8 Å². The smallest absolute Gasteiger partial charge is 0.165 e. The summed E-state index contributed by atoms with van der Waals surface area (Å²) in [7, 11) is 3.43. The summed E-state index contributed by atoms with van der Waals surface area (Å²) >= 11 is 3.70. The van der Waals surface area contributed by atoms with E-state index in [4.69, 9.17) is 9.47 Å². The van der Waals surface area contributed by atoms with Gasteiger partial charge in [0, 0.05) is 16.1 Å². The van der Waals surface area contributed by atoms with Crippen molar-refractivity contribution in [1.82, 2.24) is 5.32 Å². The molecule has 0 spiro atoms. The van der Waals surface area contributed by atoms with Crippen LogP contribution < -0.4 is 14.8 Å². The molecule has 3 nitrogen and oxygen atoms in total. The first-order chi connectivity index (χ1) is 9.72. The molecule has 1 aromatic carbocycles. The zero-order valence-electron chi connectivity index (χ0n) is 12.6. The number of ether oxygens (including phenoxy) is 2. The van der Waals surface area contributed by atoms with Crippen molar-refractivity contribution in [2.24, 2.45) is 0 Å². The van der Waals surface area contributed by atoms with Crippen molar-refractivity contribution in [2.45, 2.75) is 45.1 Å². The zero-order chi connectivity index (χ0) is 14.5. The summed E-state index contributed by atoms with van der Waals surface area (Å²) in [6.07, 6.45) is 5.86. The number of rotatable bonds is 5. The number of halogens is 1. The van der Waals surface area contributed by atoms with Gasteiger partial charge in [0.2, 0.25) is 0 Å². The molecular formula is C16H24BrNO2. The molecule has 1 N–H and O–H groups in total. The van der Waals surface area contributed by atoms with Gasteiger partial charge in [-0.15, -0.1) is 0 Å². The molecule has 0 saturated carbocycles. The van der Waals surface area contributed by atoms with Crippen molar-refractivity contribution in [1.29, 1.82) is 0 Å². The molecule has 2 rings (SSSR count). The van der Waals surface area contributed by atoms with Crippen molar-refractivity contribution in [2.75, 3.05) is 20.8 Å². The molecule has 1 aliphatic carbocycles. The quantitative estimate of drug-likeness (QED) is 0.812. The molecule has 1 unspecified atom stereocenters. The fourth-order valence-electron chi connectivity index (χ4n) is 2.97. The van der Waals surface area contributed by atoms with Crippen LogP contribution in [0.4, 0.5) is 0 Å². The van der Waals surface area contributed by atoms with Gasteiger partial charge in [0.05, 0.1) is 14.2 Å². The highest BCUT2D eigenvalue weighted by Crippen LogP contribution is 2.44. The highest BCUT2D eigenvalue weighted by atomic mass is 79.9. The van der Waals surface area contributed by atoms with Crippen molar-refractivity contribution >= 4 is 15.9 Å². The summed E-state index contributed by atoms with van der Waals surface area (Å²) in [6.45, 7) is 3.23. The second-order valence-corrected chi connectivity index (χ2v) is 6.09. The Morgan fingerprint density at radius 2 is 2.10 bits per heavy atom. The molecule has 4 heteroatoms. The average Bonchev–Trinajstić information content (AvgIpc) is 2.68. The molecule has 0 amide bonds. The predicted octanol–water partition coefficient (Wildman–Crippen LogP) is 4.23. The first kappa shape index (κ1) is 15.6. The molecule has 0 fully saturated rings. The Bertz CT molecular complexity index is 462. The van der Waals surface area contributed by atoms with Gasteiger partial charge in [0.1, 0.15) is 0 Å². The third kappa shape index (κ3) is 3.12. The molecule has 20 heavy (non-hydrogen) atoms. The summed E-state index contributed by atoms with van der Waals surface area (Å²) in [5.41, 5.74) is 2.65. The molecule has 1 atom stereocenters. The molecule has 0 radical (unpaired) electrons. The normalized spacial score (nSPS) is 18.3. The Kier molecular flexibility index (Phi) is 5.73. The standard InChI is InChI=1S/C16H24BrNO2/c1-4-9-18-13-8-6-5-7-11-12(17)10-14(19-2)16(20-3)15(11)13/h10,13,18H,4-9H2,1-3H3. The van der Waals surface area contributed by atoms with Crippen LogP contribution in [-0.2, 0) is 6.42 Å². The van der Waals surface area contributed by atoms with Gasteiger partial charge in [-0.2, -0.15) is 0 Å². The lowest BCUT2D eigenvalue weighted by Gasteiger charge is -2.24. The number of methoxy groups -OCH3 is 2. The molecular weight excluding hydrogens is 318 g/mol. The summed E-state index contributed by atoms with van der Waals surface area (Å²) in [5, 5.41) is 3.66. The fourth-order valence-corrected chi connectivity index (χ4v) is 3.59. The monoisotopic (exact) mass is 341 g/mol. The summed E-state index contributed by atoms with van der Waals surface area (Å²) < 4.78 is 12.3. The fraction of sp³-hybridized carbons (Fsp3) is 0.625. The zero-order valence-corrected chi connectivity index (χ0v) is 14.2. The lowest BCUT2D eigenvalue weighted by molar-refractivity contribution is 0.344. The van der Waals surface area contributed by atoms with Crippen LogP contribution in [0.5, 0.6) is 11.5 Å². The molecule has 0 aliphatic heterocycles. The minimum absolute atomic E-state index is 0.355. The maximum atomic E-state index is 5.67. The van der Waals surface area contributed by atoms with E-state index in [9.17, 15) is 0 Å². The Hall–Kier alpha value is -0.740. The summed E-state index contributed by atoms with van der Waals surface area (Å²) in [5.74, 6) is 1.70. The van der Waals surface area contributed by atoms with Crippen molar-refractivity contribution in [3.63, 3.8) is 0 Å². The van der Waals surface area contributed by atoms with Crippen LogP contribution in [0.2, 0.25) is 0 Å². The molecule has 1 aliphatic rings. The van der Waals surface area contributed by atoms with Gasteiger partial charge in [0.15, 0.2) is 11.5 Å². The molecule has 0 bridgehead atoms. The van der Waals surface area contributed by atoms with Crippen LogP contribution in [0.3, 0.4) is 0 Å². The van der Waals surface area contributed by atoms with Gasteiger partial charge < -0.3 is 14.8 Å². The van der Waals surface area contributed by atoms with Crippen molar-refractivity contribution < 1.29 is 9.47 Å². The highest BCUT2D eigenvalue weighted by Gasteiger charge is 2.26. The summed E-state index contributed by atoms with van der Waals surface area (Å²) in [6, 6.07) is 2.38. The van der Waals surface area contributed by atoms with E-state index in [0.29, 0.717) is 6.04 Å². The maximum Gasteiger partial charge on any atom is 0.165 e. The Balaban J connectivity index is 2.52. The van der Waals surface area contributed by atoms with Gasteiger partial charge in [-0.1, -0.05) is 29.3 Å². The van der Waals surface area contributed by atoms with E-state index in [1.54, 1.807) is 14.2 Å². The van der Waals surface area contributed by atoms with Gasteiger partial charge in [-0.05, 0) is 43.9 Å². The maximum absolute atomic E-state index is 5.67. The molecule has 0 aromatic heterocycles. The Morgan fingerprint density at radius 3 is 2.75 bits per heavy atom. The number of fused-ring (bicyclic) bond motifs is 1. The third-order valence-electron chi connectivity index (χ3n) is 3.92. The number of hydrogen-bond donors (Lipinski definition) is 1. The van der Waals surface area contributed by atoms with Crippen LogP contribution in [0.25, 0.3) is 0 Å². The Labute approximate surface area is 130 Å². The number of benzene rings is 1. The van der Waals surface area contributed by atoms with Crippen LogP contribution >= 0.6 is 15.9 Å². The van der Waals surface area contributed by atoms with Gasteiger partial charge in [0.25, 0.3) is 0 Å². The van der Waals surface area contributed by atoms with Crippen LogP contribution in [0, 0.1) is 0 Å². The largest absolute Gasteiger partial charge is 0.493 e. The average molecular weight is 342 g/mol. The second kappa shape index (κ2) is 7.32. The molecule has 0 saturated heterocycles. The minimum atomic E-state index is 0.355. The van der Waals surface area contributed by atoms with Crippen molar-refractivity contribution in [3.05, 3.63) is 21.7 Å². The van der Waals surface area contributed by atoms with E-state index in [1.807, 2.05) is 6.07 Å². The van der Waals surface area contributed by atoms with Crippen LogP contribution in [0.1, 0.15) is 49.8 Å². The highest BCUT2D eigenvalue weighted by molar-refractivity contribution is 9.10. The molecule has 1 aromatic rings. The first-order valence-electron chi connectivity index (χ1n) is 7.39. The topological polar surface area (TPSA) is 30.5 Å². The van der Waals surface area contributed by atoms with E-state index in [1.165, 1.54) is 24.0 Å². The van der Waals surface area contributed by atoms with E-state index < -0.39 is 0 Å². The lowest BCUT2D eigenvalue weighted by atomic mass is 9.97. The third-order valence-corrected chi connectivity index (χ3v) is 4.63. The van der Waals surface area contributed by atoms with Crippen LogP contribution in [0.15, 0.2) is 10.5 Å². The van der Waals surface area contributed by atoms with E-state index in [2.05, 4.69) is 28.2 Å². The van der Waals surface area contributed by atoms with E-state index in [-0.39, 0.29) is 0 Å². The second-order valence-electron chi connectivity index (χ2n) is 5.24. The lowest BCUT2D eigenvalue weighted by Crippen LogP contribution is -2.23. The minimum Gasteiger partial charge on any atom is -0.493 e. The van der Waals surface area contributed by atoms with Gasteiger partial charge in [-0.25, -0.2) is 0 Å². The molecule has 0 heterocycles. The SMILES string of the molecule is CCCNC1CCCCc2c(Br)cc(OC)c(OC)c21. The Morgan fingerprint density at radius 1 is 1.30 bits per heavy atom. The summed E-state index contributed by atoms with van der Waals surface area (Å²) in [4.78, 5) is 0. The van der Waals surface area contributed by atoms with Crippen molar-refractivity contribution in [3.8, 4) is 11.5 Å². The van der Waals surface area contributed by atoms with E-state index >= 15 is 0 Å². The van der Waals surface area contributed by atoms with E-state index in [0.717, 1.165) is 41.8 Å².